The van der Waals surface area contributed by atoms with Crippen LogP contribution in [0.4, 0.5) is 23.0 Å². The number of primary amides is 1. The third-order valence-corrected chi connectivity index (χ3v) is 5.72. The number of aromatic carboxylic acids is 1. The van der Waals surface area contributed by atoms with E-state index in [0.29, 0.717) is 50.1 Å². The second kappa shape index (κ2) is 11.2. The molecule has 0 bridgehead atoms. The fraction of sp³-hybridized carbons (Fsp3) is 0.120. The molecule has 0 aliphatic heterocycles. The van der Waals surface area contributed by atoms with E-state index < -0.39 is 11.9 Å². The molecule has 0 aliphatic rings. The molecule has 4 rings (SSSR count). The summed E-state index contributed by atoms with van der Waals surface area (Å²) in [4.78, 5) is 31.9. The highest BCUT2D eigenvalue weighted by atomic mass is 35.5. The number of hydrogen-bond acceptors (Lipinski definition) is 8. The van der Waals surface area contributed by atoms with Crippen molar-refractivity contribution in [2.24, 2.45) is 5.73 Å². The number of aryl methyl sites for hydroxylation is 1. The first-order chi connectivity index (χ1) is 17.7. The summed E-state index contributed by atoms with van der Waals surface area (Å²) >= 11 is 12.4. The molecular weight excluding hydrogens is 519 g/mol. The van der Waals surface area contributed by atoms with Gasteiger partial charge in [0.25, 0.3) is 0 Å². The average Bonchev–Trinajstić information content (AvgIpc) is 3.32. The Labute approximate surface area is 221 Å². The lowest BCUT2D eigenvalue weighted by molar-refractivity contribution is -0.116. The monoisotopic (exact) mass is 540 g/mol. The quantitative estimate of drug-likeness (QED) is 0.180. The van der Waals surface area contributed by atoms with E-state index >= 15 is 0 Å². The van der Waals surface area contributed by atoms with Crippen LogP contribution in [0.15, 0.2) is 59.0 Å². The topological polar surface area (TPSA) is 155 Å². The first-order valence-corrected chi connectivity index (χ1v) is 11.7. The van der Waals surface area contributed by atoms with Crippen molar-refractivity contribution < 1.29 is 19.1 Å². The number of amides is 1. The Morgan fingerprint density at radius 2 is 1.78 bits per heavy atom. The van der Waals surface area contributed by atoms with Crippen LogP contribution in [0, 0.1) is 6.92 Å². The van der Waals surface area contributed by atoms with Crippen LogP contribution in [-0.4, -0.2) is 33.5 Å². The van der Waals surface area contributed by atoms with Gasteiger partial charge in [0, 0.05) is 10.6 Å². The zero-order valence-corrected chi connectivity index (χ0v) is 21.0. The van der Waals surface area contributed by atoms with E-state index in [1.165, 1.54) is 6.07 Å². The number of nitrogens with zero attached hydrogens (tertiary/aromatic N) is 2. The highest BCUT2D eigenvalue weighted by Crippen LogP contribution is 2.34. The molecule has 10 nitrogen and oxygen atoms in total. The van der Waals surface area contributed by atoms with Gasteiger partial charge in [0.15, 0.2) is 11.6 Å². The van der Waals surface area contributed by atoms with Gasteiger partial charge < -0.3 is 31.2 Å². The Morgan fingerprint density at radius 3 is 2.54 bits per heavy atom. The molecule has 190 valence electrons. The predicted octanol–water partition coefficient (Wildman–Crippen LogP) is 5.30. The molecule has 12 heteroatoms. The lowest BCUT2D eigenvalue weighted by atomic mass is 10.2. The molecule has 0 radical (unpaired) electrons. The van der Waals surface area contributed by atoms with E-state index in [1.54, 1.807) is 55.5 Å². The first-order valence-electron chi connectivity index (χ1n) is 11.0. The summed E-state index contributed by atoms with van der Waals surface area (Å²) in [6.45, 7) is 1.70. The Bertz CT molecular complexity index is 1470. The molecule has 2 heterocycles. The average molecular weight is 541 g/mol. The summed E-state index contributed by atoms with van der Waals surface area (Å²) in [5.74, 6) is 0.378. The lowest BCUT2D eigenvalue weighted by Gasteiger charge is -2.18. The summed E-state index contributed by atoms with van der Waals surface area (Å²) in [7, 11) is 0. The van der Waals surface area contributed by atoms with Crippen LogP contribution in [0.5, 0.6) is 0 Å². The number of carbonyl (C=O) groups is 2. The van der Waals surface area contributed by atoms with Gasteiger partial charge in [0.2, 0.25) is 5.91 Å². The number of hydrogen-bond donors (Lipinski definition) is 5. The predicted molar refractivity (Wildman–Crippen MR) is 143 cm³/mol. The molecule has 0 saturated heterocycles. The van der Waals surface area contributed by atoms with E-state index in [2.05, 4.69) is 25.9 Å². The maximum atomic E-state index is 11.7. The number of nitrogens with two attached hydrogens (primary N) is 1. The minimum atomic E-state index is -1.10. The standard InChI is InChI=1S/C25H22Cl2N6O4/c1-13-31-23(30-12-21(28)34)22(24(32-13)33-19-5-3-2-4-16(19)25(35)36)29-11-15-7-9-20(37-15)17-10-14(26)6-8-18(17)27/h2-10,29H,11-12H2,1H3,(H2,28,34)(H,35,36)(H2,30,31,32,33). The number of nitrogens with one attached hydrogen (secondary N) is 3. The molecule has 37 heavy (non-hydrogen) atoms. The van der Waals surface area contributed by atoms with Gasteiger partial charge in [-0.15, -0.1) is 0 Å². The van der Waals surface area contributed by atoms with E-state index in [-0.39, 0.29) is 24.5 Å². The number of carboxylic acid groups (broad SMARTS) is 1. The van der Waals surface area contributed by atoms with Crippen LogP contribution in [-0.2, 0) is 11.3 Å². The van der Waals surface area contributed by atoms with Crippen LogP contribution >= 0.6 is 23.2 Å². The van der Waals surface area contributed by atoms with Crippen molar-refractivity contribution >= 4 is 58.1 Å². The Hall–Kier alpha value is -4.28. The summed E-state index contributed by atoms with van der Waals surface area (Å²) in [5, 5.41) is 19.7. The first kappa shape index (κ1) is 25.8. The smallest absolute Gasteiger partial charge is 0.337 e. The molecule has 4 aromatic rings. The number of halogens is 2. The van der Waals surface area contributed by atoms with Gasteiger partial charge in [-0.25, -0.2) is 14.8 Å². The highest BCUT2D eigenvalue weighted by molar-refractivity contribution is 6.35. The molecule has 0 atom stereocenters. The molecule has 0 fully saturated rings. The molecular formula is C25H22Cl2N6O4. The van der Waals surface area contributed by atoms with Gasteiger partial charge in [0.1, 0.15) is 23.0 Å². The zero-order chi connectivity index (χ0) is 26.5. The van der Waals surface area contributed by atoms with Gasteiger partial charge in [-0.1, -0.05) is 35.3 Å². The Morgan fingerprint density at radius 1 is 1.03 bits per heavy atom. The van der Waals surface area contributed by atoms with Gasteiger partial charge in [-0.3, -0.25) is 4.79 Å². The van der Waals surface area contributed by atoms with Gasteiger partial charge in [-0.05, 0) is 49.4 Å². The Kier molecular flexibility index (Phi) is 7.80. The third-order valence-electron chi connectivity index (χ3n) is 5.16. The van der Waals surface area contributed by atoms with Crippen molar-refractivity contribution in [1.82, 2.24) is 9.97 Å². The maximum absolute atomic E-state index is 11.7. The molecule has 2 aromatic heterocycles. The molecule has 0 unspecified atom stereocenters. The van der Waals surface area contributed by atoms with Gasteiger partial charge in [-0.2, -0.15) is 0 Å². The summed E-state index contributed by atoms with van der Waals surface area (Å²) in [5.41, 5.74) is 6.72. The minimum absolute atomic E-state index is 0.0606. The fourth-order valence-electron chi connectivity index (χ4n) is 3.51. The number of benzene rings is 2. The number of anilines is 4. The van der Waals surface area contributed by atoms with Crippen LogP contribution in [0.25, 0.3) is 11.3 Å². The Balaban J connectivity index is 1.66. The molecule has 1 amide bonds. The summed E-state index contributed by atoms with van der Waals surface area (Å²) in [6, 6.07) is 15.1. The summed E-state index contributed by atoms with van der Waals surface area (Å²) < 4.78 is 5.96. The lowest BCUT2D eigenvalue weighted by Crippen LogP contribution is -2.23. The zero-order valence-electron chi connectivity index (χ0n) is 19.5. The number of carbonyl (C=O) groups excluding carboxylic acids is 1. The van der Waals surface area contributed by atoms with E-state index in [1.807, 2.05) is 0 Å². The second-order valence-electron chi connectivity index (χ2n) is 7.88. The van der Waals surface area contributed by atoms with Crippen LogP contribution < -0.4 is 21.7 Å². The van der Waals surface area contributed by atoms with Crippen LogP contribution in [0.1, 0.15) is 21.9 Å². The van der Waals surface area contributed by atoms with Crippen LogP contribution in [0.2, 0.25) is 10.0 Å². The normalized spacial score (nSPS) is 10.7. The number of rotatable bonds is 10. The number of aromatic nitrogens is 2. The van der Waals surface area contributed by atoms with Crippen molar-refractivity contribution in [2.75, 3.05) is 22.5 Å². The van der Waals surface area contributed by atoms with E-state index in [0.717, 1.165) is 0 Å². The van der Waals surface area contributed by atoms with Gasteiger partial charge >= 0.3 is 5.97 Å². The van der Waals surface area contributed by atoms with Crippen LogP contribution in [0.3, 0.4) is 0 Å². The maximum Gasteiger partial charge on any atom is 0.337 e. The van der Waals surface area contributed by atoms with Crippen molar-refractivity contribution in [3.63, 3.8) is 0 Å². The van der Waals surface area contributed by atoms with E-state index in [9.17, 15) is 14.7 Å². The number of para-hydroxylation sites is 1. The molecule has 6 N–H and O–H groups in total. The number of furan rings is 1. The minimum Gasteiger partial charge on any atom is -0.478 e. The molecule has 0 aliphatic carbocycles. The molecule has 0 spiro atoms. The van der Waals surface area contributed by atoms with E-state index in [4.69, 9.17) is 33.4 Å². The fourth-order valence-corrected chi connectivity index (χ4v) is 3.90. The third kappa shape index (κ3) is 6.29. The SMILES string of the molecule is Cc1nc(NCC(N)=O)c(NCc2ccc(-c3cc(Cl)ccc3Cl)o2)c(Nc2ccccc2C(=O)O)n1. The molecule has 2 aromatic carbocycles. The largest absolute Gasteiger partial charge is 0.478 e. The highest BCUT2D eigenvalue weighted by Gasteiger charge is 2.18. The molecule has 0 saturated carbocycles. The van der Waals surface area contributed by atoms with Gasteiger partial charge in [0.05, 0.1) is 29.4 Å². The number of carboxylic acids is 1. The second-order valence-corrected chi connectivity index (χ2v) is 8.73. The summed E-state index contributed by atoms with van der Waals surface area (Å²) in [6.07, 6.45) is 0. The van der Waals surface area contributed by atoms with Crippen molar-refractivity contribution in [3.05, 3.63) is 81.8 Å². The van der Waals surface area contributed by atoms with Crippen molar-refractivity contribution in [3.8, 4) is 11.3 Å². The van der Waals surface area contributed by atoms with Crippen molar-refractivity contribution in [2.45, 2.75) is 13.5 Å². The van der Waals surface area contributed by atoms with Crippen molar-refractivity contribution in [1.29, 1.82) is 0 Å².